The maximum absolute atomic E-state index is 13.5. The van der Waals surface area contributed by atoms with Gasteiger partial charge in [-0.1, -0.05) is 115 Å². The van der Waals surface area contributed by atoms with Gasteiger partial charge in [0.15, 0.2) is 0 Å². The number of para-hydroxylation sites is 1. The summed E-state index contributed by atoms with van der Waals surface area (Å²) in [6.07, 6.45) is 0. The van der Waals surface area contributed by atoms with Crippen molar-refractivity contribution >= 4 is 23.2 Å². The van der Waals surface area contributed by atoms with Crippen LogP contribution in [0, 0.1) is 0 Å². The lowest BCUT2D eigenvalue weighted by Gasteiger charge is -2.16. The first kappa shape index (κ1) is 21.7. The van der Waals surface area contributed by atoms with E-state index in [2.05, 4.69) is 17.4 Å². The molecular formula is C31H22ClNO. The van der Waals surface area contributed by atoms with Gasteiger partial charge in [0, 0.05) is 21.8 Å². The Morgan fingerprint density at radius 2 is 1.03 bits per heavy atom. The fourth-order valence-electron chi connectivity index (χ4n) is 4.17. The van der Waals surface area contributed by atoms with Gasteiger partial charge < -0.3 is 5.32 Å². The number of nitrogens with one attached hydrogen (secondary N) is 1. The van der Waals surface area contributed by atoms with Crippen LogP contribution >= 0.6 is 11.6 Å². The minimum Gasteiger partial charge on any atom is -0.321 e. The molecule has 164 valence electrons. The van der Waals surface area contributed by atoms with Gasteiger partial charge in [-0.05, 0) is 52.1 Å². The van der Waals surface area contributed by atoms with Gasteiger partial charge in [0.05, 0.1) is 0 Å². The molecule has 5 rings (SSSR count). The van der Waals surface area contributed by atoms with Crippen molar-refractivity contribution < 1.29 is 4.79 Å². The van der Waals surface area contributed by atoms with Crippen LogP contribution in [-0.4, -0.2) is 5.91 Å². The Kier molecular flexibility index (Phi) is 6.24. The average Bonchev–Trinajstić information content (AvgIpc) is 2.90. The monoisotopic (exact) mass is 459 g/mol. The summed E-state index contributed by atoms with van der Waals surface area (Å²) in [4.78, 5) is 13.5. The molecule has 0 saturated carbocycles. The molecule has 0 radical (unpaired) electrons. The molecule has 0 aliphatic rings. The Labute approximate surface area is 204 Å². The molecule has 3 heteroatoms. The summed E-state index contributed by atoms with van der Waals surface area (Å²) in [7, 11) is 0. The summed E-state index contributed by atoms with van der Waals surface area (Å²) < 4.78 is 0. The summed E-state index contributed by atoms with van der Waals surface area (Å²) in [5.74, 6) is -0.143. The SMILES string of the molecule is O=C(Nc1ccccc1-c1ccccc1-c1ccc(Cl)cc1)c1ccccc1-c1ccccc1. The van der Waals surface area contributed by atoms with Crippen molar-refractivity contribution in [3.63, 3.8) is 0 Å². The van der Waals surface area contributed by atoms with Crippen molar-refractivity contribution in [1.82, 2.24) is 0 Å². The van der Waals surface area contributed by atoms with Crippen molar-refractivity contribution in [3.05, 3.63) is 138 Å². The van der Waals surface area contributed by atoms with E-state index in [1.165, 1.54) is 0 Å². The Morgan fingerprint density at radius 3 is 1.76 bits per heavy atom. The van der Waals surface area contributed by atoms with E-state index >= 15 is 0 Å². The Balaban J connectivity index is 1.54. The number of halogens is 1. The van der Waals surface area contributed by atoms with Crippen LogP contribution in [0.15, 0.2) is 127 Å². The normalized spacial score (nSPS) is 10.6. The van der Waals surface area contributed by atoms with E-state index in [9.17, 15) is 4.79 Å². The van der Waals surface area contributed by atoms with Crippen molar-refractivity contribution in [2.24, 2.45) is 0 Å². The number of rotatable bonds is 5. The molecular weight excluding hydrogens is 438 g/mol. The quantitative estimate of drug-likeness (QED) is 0.280. The number of carbonyl (C=O) groups excluding carboxylic acids is 1. The third-order valence-electron chi connectivity index (χ3n) is 5.80. The van der Waals surface area contributed by atoms with E-state index in [1.807, 2.05) is 115 Å². The standard InChI is InChI=1S/C31H22ClNO/c32-24-20-18-23(19-21-24)25-12-4-6-14-27(25)28-15-8-9-17-30(28)33-31(34)29-16-7-5-13-26(29)22-10-2-1-3-11-22/h1-21H,(H,33,34). The van der Waals surface area contributed by atoms with E-state index in [1.54, 1.807) is 0 Å². The highest BCUT2D eigenvalue weighted by Crippen LogP contribution is 2.37. The maximum atomic E-state index is 13.5. The van der Waals surface area contributed by atoms with Crippen molar-refractivity contribution in [2.75, 3.05) is 5.32 Å². The maximum Gasteiger partial charge on any atom is 0.256 e. The highest BCUT2D eigenvalue weighted by molar-refractivity contribution is 6.30. The second-order valence-electron chi connectivity index (χ2n) is 7.96. The van der Waals surface area contributed by atoms with Crippen molar-refractivity contribution in [3.8, 4) is 33.4 Å². The molecule has 34 heavy (non-hydrogen) atoms. The molecule has 2 nitrogen and oxygen atoms in total. The Morgan fingerprint density at radius 1 is 0.500 bits per heavy atom. The molecule has 0 atom stereocenters. The van der Waals surface area contributed by atoms with Gasteiger partial charge in [-0.2, -0.15) is 0 Å². The third kappa shape index (κ3) is 4.50. The minimum atomic E-state index is -0.143. The smallest absolute Gasteiger partial charge is 0.256 e. The number of amides is 1. The van der Waals surface area contributed by atoms with Crippen LogP contribution in [0.1, 0.15) is 10.4 Å². The lowest BCUT2D eigenvalue weighted by molar-refractivity contribution is 0.102. The molecule has 5 aromatic carbocycles. The Hall–Kier alpha value is -4.14. The summed E-state index contributed by atoms with van der Waals surface area (Å²) in [6.45, 7) is 0. The van der Waals surface area contributed by atoms with Crippen LogP contribution in [0.5, 0.6) is 0 Å². The van der Waals surface area contributed by atoms with E-state index in [0.29, 0.717) is 10.6 Å². The molecule has 5 aromatic rings. The molecule has 0 heterocycles. The van der Waals surface area contributed by atoms with Crippen LogP contribution in [0.4, 0.5) is 5.69 Å². The Bertz CT molecular complexity index is 1440. The topological polar surface area (TPSA) is 29.1 Å². The first-order valence-electron chi connectivity index (χ1n) is 11.1. The first-order valence-corrected chi connectivity index (χ1v) is 11.5. The van der Waals surface area contributed by atoms with Gasteiger partial charge in [0.1, 0.15) is 0 Å². The van der Waals surface area contributed by atoms with Gasteiger partial charge >= 0.3 is 0 Å². The predicted molar refractivity (Wildman–Crippen MR) is 142 cm³/mol. The van der Waals surface area contributed by atoms with Gasteiger partial charge in [-0.15, -0.1) is 0 Å². The highest BCUT2D eigenvalue weighted by Gasteiger charge is 2.16. The number of benzene rings is 5. The fourth-order valence-corrected chi connectivity index (χ4v) is 4.29. The van der Waals surface area contributed by atoms with E-state index in [-0.39, 0.29) is 5.91 Å². The van der Waals surface area contributed by atoms with Crippen molar-refractivity contribution in [2.45, 2.75) is 0 Å². The number of hydrogen-bond acceptors (Lipinski definition) is 1. The van der Waals surface area contributed by atoms with Gasteiger partial charge in [-0.3, -0.25) is 4.79 Å². The summed E-state index contributed by atoms with van der Waals surface area (Å²) in [5.41, 5.74) is 7.44. The second-order valence-corrected chi connectivity index (χ2v) is 8.40. The largest absolute Gasteiger partial charge is 0.321 e. The van der Waals surface area contributed by atoms with E-state index in [4.69, 9.17) is 11.6 Å². The molecule has 0 aromatic heterocycles. The minimum absolute atomic E-state index is 0.143. The lowest BCUT2D eigenvalue weighted by atomic mass is 9.93. The van der Waals surface area contributed by atoms with E-state index in [0.717, 1.165) is 39.1 Å². The summed E-state index contributed by atoms with van der Waals surface area (Å²) >= 11 is 6.11. The molecule has 0 saturated heterocycles. The van der Waals surface area contributed by atoms with Crippen LogP contribution in [0.3, 0.4) is 0 Å². The zero-order valence-corrected chi connectivity index (χ0v) is 19.2. The third-order valence-corrected chi connectivity index (χ3v) is 6.06. The molecule has 1 N–H and O–H groups in total. The highest BCUT2D eigenvalue weighted by atomic mass is 35.5. The molecule has 0 unspecified atom stereocenters. The zero-order valence-electron chi connectivity index (χ0n) is 18.4. The lowest BCUT2D eigenvalue weighted by Crippen LogP contribution is -2.14. The van der Waals surface area contributed by atoms with Gasteiger partial charge in [0.2, 0.25) is 0 Å². The van der Waals surface area contributed by atoms with Crippen LogP contribution in [0.2, 0.25) is 5.02 Å². The van der Waals surface area contributed by atoms with Gasteiger partial charge in [-0.25, -0.2) is 0 Å². The van der Waals surface area contributed by atoms with Crippen LogP contribution in [-0.2, 0) is 0 Å². The summed E-state index contributed by atoms with van der Waals surface area (Å²) in [6, 6.07) is 41.6. The molecule has 0 aliphatic heterocycles. The number of carbonyl (C=O) groups is 1. The molecule has 0 fully saturated rings. The number of anilines is 1. The molecule has 0 aliphatic carbocycles. The van der Waals surface area contributed by atoms with Crippen molar-refractivity contribution in [1.29, 1.82) is 0 Å². The predicted octanol–water partition coefficient (Wildman–Crippen LogP) is 8.59. The first-order chi connectivity index (χ1) is 16.7. The molecule has 0 spiro atoms. The second kappa shape index (κ2) is 9.78. The van der Waals surface area contributed by atoms with Crippen LogP contribution < -0.4 is 5.32 Å². The van der Waals surface area contributed by atoms with E-state index < -0.39 is 0 Å². The van der Waals surface area contributed by atoms with Gasteiger partial charge in [0.25, 0.3) is 5.91 Å². The fraction of sp³-hybridized carbons (Fsp3) is 0. The van der Waals surface area contributed by atoms with Crippen LogP contribution in [0.25, 0.3) is 33.4 Å². The summed E-state index contributed by atoms with van der Waals surface area (Å²) in [5, 5.41) is 3.86. The molecule has 1 amide bonds. The molecule has 0 bridgehead atoms. The zero-order chi connectivity index (χ0) is 23.3. The number of hydrogen-bond donors (Lipinski definition) is 1. The average molecular weight is 460 g/mol.